The van der Waals surface area contributed by atoms with Crippen LogP contribution in [0.25, 0.3) is 0 Å². The van der Waals surface area contributed by atoms with E-state index in [1.165, 1.54) is 18.2 Å². The number of carbonyl (C=O) groups excluding carboxylic acids is 3. The van der Waals surface area contributed by atoms with E-state index in [4.69, 9.17) is 4.74 Å². The number of rotatable bonds is 4. The predicted octanol–water partition coefficient (Wildman–Crippen LogP) is 0.663. The van der Waals surface area contributed by atoms with Crippen LogP contribution < -0.4 is 5.32 Å². The maximum atomic E-state index is 11.4. The second-order valence-corrected chi connectivity index (χ2v) is 4.15. The number of amides is 2. The summed E-state index contributed by atoms with van der Waals surface area (Å²) in [5.74, 6) is -1.26. The summed E-state index contributed by atoms with van der Waals surface area (Å²) in [7, 11) is 0. The lowest BCUT2D eigenvalue weighted by Crippen LogP contribution is -2.28. The van der Waals surface area contributed by atoms with Gasteiger partial charge in [-0.05, 0) is 6.07 Å². The van der Waals surface area contributed by atoms with Crippen LogP contribution in [0.15, 0.2) is 24.3 Å². The van der Waals surface area contributed by atoms with Gasteiger partial charge < -0.3 is 9.47 Å². The fourth-order valence-electron chi connectivity index (χ4n) is 1.72. The van der Waals surface area contributed by atoms with Gasteiger partial charge in [0.15, 0.2) is 6.10 Å². The van der Waals surface area contributed by atoms with Crippen molar-refractivity contribution >= 4 is 23.7 Å². The first-order valence-electron chi connectivity index (χ1n) is 5.87. The summed E-state index contributed by atoms with van der Waals surface area (Å²) in [6, 6.07) is 5.73. The predicted molar refractivity (Wildman–Crippen MR) is 65.9 cm³/mol. The van der Waals surface area contributed by atoms with E-state index in [1.807, 2.05) is 5.32 Å². The molecule has 1 aliphatic rings. The van der Waals surface area contributed by atoms with Gasteiger partial charge in [-0.3, -0.25) is 25.0 Å². The molecule has 1 N–H and O–H groups in total. The molecular formula is C12H10N2O7. The maximum Gasteiger partial charge on any atom is 0.509 e. The van der Waals surface area contributed by atoms with E-state index in [0.717, 1.165) is 0 Å². The Morgan fingerprint density at radius 3 is 2.71 bits per heavy atom. The molecule has 0 aromatic heterocycles. The van der Waals surface area contributed by atoms with Gasteiger partial charge in [0, 0.05) is 6.07 Å². The van der Waals surface area contributed by atoms with Crippen LogP contribution in [0.5, 0.6) is 0 Å². The van der Waals surface area contributed by atoms with Crippen LogP contribution in [0.2, 0.25) is 0 Å². The van der Waals surface area contributed by atoms with Gasteiger partial charge in [-0.25, -0.2) is 4.79 Å². The van der Waals surface area contributed by atoms with Crippen molar-refractivity contribution < 1.29 is 28.8 Å². The summed E-state index contributed by atoms with van der Waals surface area (Å²) < 4.78 is 9.36. The molecule has 1 fully saturated rings. The Labute approximate surface area is 118 Å². The zero-order valence-electron chi connectivity index (χ0n) is 10.6. The van der Waals surface area contributed by atoms with Crippen molar-refractivity contribution in [2.24, 2.45) is 0 Å². The number of para-hydroxylation sites is 1. The smallest absolute Gasteiger partial charge is 0.429 e. The van der Waals surface area contributed by atoms with Gasteiger partial charge in [-0.1, -0.05) is 12.1 Å². The number of imide groups is 1. The minimum Gasteiger partial charge on any atom is -0.429 e. The number of ether oxygens (including phenoxy) is 2. The Balaban J connectivity index is 1.91. The van der Waals surface area contributed by atoms with E-state index < -0.39 is 29.0 Å². The van der Waals surface area contributed by atoms with Crippen molar-refractivity contribution in [3.63, 3.8) is 0 Å². The fraction of sp³-hybridized carbons (Fsp3) is 0.250. The lowest BCUT2D eigenvalue weighted by Gasteiger charge is -2.09. The highest BCUT2D eigenvalue weighted by Crippen LogP contribution is 2.19. The molecule has 1 saturated heterocycles. The average Bonchev–Trinajstić information content (AvgIpc) is 2.74. The van der Waals surface area contributed by atoms with Crippen LogP contribution >= 0.6 is 0 Å². The van der Waals surface area contributed by atoms with Gasteiger partial charge in [0.2, 0.25) is 5.91 Å². The summed E-state index contributed by atoms with van der Waals surface area (Å²) >= 11 is 0. The number of hydrogen-bond donors (Lipinski definition) is 1. The number of nitrogens with one attached hydrogen (secondary N) is 1. The van der Waals surface area contributed by atoms with E-state index in [0.29, 0.717) is 0 Å². The fourth-order valence-corrected chi connectivity index (χ4v) is 1.72. The summed E-state index contributed by atoms with van der Waals surface area (Å²) in [5.41, 5.74) is -0.00881. The van der Waals surface area contributed by atoms with Crippen LogP contribution in [0.4, 0.5) is 10.5 Å². The van der Waals surface area contributed by atoms with Crippen LogP contribution in [0.1, 0.15) is 12.0 Å². The van der Waals surface area contributed by atoms with Crippen molar-refractivity contribution in [2.45, 2.75) is 19.1 Å². The molecule has 0 spiro atoms. The molecule has 0 aliphatic carbocycles. The highest BCUT2D eigenvalue weighted by atomic mass is 16.7. The molecule has 0 bridgehead atoms. The van der Waals surface area contributed by atoms with E-state index in [1.54, 1.807) is 6.07 Å². The molecule has 1 aromatic carbocycles. The Hall–Kier alpha value is -2.97. The molecule has 1 aromatic rings. The van der Waals surface area contributed by atoms with Crippen LogP contribution in [0, 0.1) is 10.1 Å². The third-order valence-electron chi connectivity index (χ3n) is 2.70. The van der Waals surface area contributed by atoms with E-state index in [-0.39, 0.29) is 24.3 Å². The molecule has 0 saturated carbocycles. The van der Waals surface area contributed by atoms with Gasteiger partial charge >= 0.3 is 6.16 Å². The molecular weight excluding hydrogens is 284 g/mol. The Morgan fingerprint density at radius 2 is 2.10 bits per heavy atom. The standard InChI is InChI=1S/C12H10N2O7/c15-10-5-9(11(16)13-10)21-12(17)20-6-7-3-1-2-4-8(7)14(18)19/h1-4,9H,5-6H2,(H,13,15,16). The highest BCUT2D eigenvalue weighted by Gasteiger charge is 2.34. The Morgan fingerprint density at radius 1 is 1.38 bits per heavy atom. The minimum absolute atomic E-state index is 0.186. The Bertz CT molecular complexity index is 613. The van der Waals surface area contributed by atoms with E-state index in [2.05, 4.69) is 4.74 Å². The molecule has 1 atom stereocenters. The van der Waals surface area contributed by atoms with E-state index in [9.17, 15) is 24.5 Å². The number of hydrogen-bond acceptors (Lipinski definition) is 7. The zero-order valence-corrected chi connectivity index (χ0v) is 10.6. The van der Waals surface area contributed by atoms with Crippen molar-refractivity contribution in [2.75, 3.05) is 0 Å². The van der Waals surface area contributed by atoms with Gasteiger partial charge in [-0.15, -0.1) is 0 Å². The first kappa shape index (κ1) is 14.4. The van der Waals surface area contributed by atoms with E-state index >= 15 is 0 Å². The summed E-state index contributed by atoms with van der Waals surface area (Å²) in [6.07, 6.45) is -2.67. The highest BCUT2D eigenvalue weighted by molar-refractivity contribution is 6.05. The number of nitro benzene ring substituents is 1. The van der Waals surface area contributed by atoms with Crippen molar-refractivity contribution in [3.8, 4) is 0 Å². The monoisotopic (exact) mass is 294 g/mol. The number of carbonyl (C=O) groups is 3. The molecule has 21 heavy (non-hydrogen) atoms. The first-order chi connectivity index (χ1) is 9.97. The molecule has 9 nitrogen and oxygen atoms in total. The lowest BCUT2D eigenvalue weighted by molar-refractivity contribution is -0.385. The van der Waals surface area contributed by atoms with Gasteiger partial charge in [0.05, 0.1) is 16.9 Å². The Kier molecular flexibility index (Phi) is 4.12. The first-order valence-corrected chi connectivity index (χ1v) is 5.87. The number of nitrogens with zero attached hydrogens (tertiary/aromatic N) is 1. The van der Waals surface area contributed by atoms with Gasteiger partial charge in [0.1, 0.15) is 6.61 Å². The third kappa shape index (κ3) is 3.53. The van der Waals surface area contributed by atoms with Crippen LogP contribution in [0.3, 0.4) is 0 Å². The number of nitro groups is 1. The molecule has 0 radical (unpaired) electrons. The number of benzene rings is 1. The maximum absolute atomic E-state index is 11.4. The molecule has 1 aliphatic heterocycles. The van der Waals surface area contributed by atoms with Crippen molar-refractivity contribution in [1.29, 1.82) is 0 Å². The quantitative estimate of drug-likeness (QED) is 0.374. The van der Waals surface area contributed by atoms with Gasteiger partial charge in [-0.2, -0.15) is 0 Å². The summed E-state index contributed by atoms with van der Waals surface area (Å²) in [5, 5.41) is 12.7. The molecule has 1 unspecified atom stereocenters. The van der Waals surface area contributed by atoms with Gasteiger partial charge in [0.25, 0.3) is 11.6 Å². The summed E-state index contributed by atoms with van der Waals surface area (Å²) in [6.45, 7) is -0.377. The molecule has 9 heteroatoms. The lowest BCUT2D eigenvalue weighted by atomic mass is 10.2. The average molecular weight is 294 g/mol. The second kappa shape index (κ2) is 5.99. The minimum atomic E-state index is -1.23. The molecule has 2 amide bonds. The molecule has 1 heterocycles. The van der Waals surface area contributed by atoms with Crippen molar-refractivity contribution in [3.05, 3.63) is 39.9 Å². The topological polar surface area (TPSA) is 125 Å². The normalized spacial score (nSPS) is 17.2. The van der Waals surface area contributed by atoms with Crippen molar-refractivity contribution in [1.82, 2.24) is 5.32 Å². The SMILES string of the molecule is O=C1CC(OC(=O)OCc2ccccc2[N+](=O)[O-])C(=O)N1. The largest absolute Gasteiger partial charge is 0.509 e. The second-order valence-electron chi connectivity index (χ2n) is 4.15. The third-order valence-corrected chi connectivity index (χ3v) is 2.70. The van der Waals surface area contributed by atoms with Crippen LogP contribution in [-0.4, -0.2) is 29.0 Å². The summed E-state index contributed by atoms with van der Waals surface area (Å²) in [4.78, 5) is 43.7. The molecule has 2 rings (SSSR count). The van der Waals surface area contributed by atoms with Crippen LogP contribution in [-0.2, 0) is 25.7 Å². The zero-order chi connectivity index (χ0) is 15.4. The molecule has 110 valence electrons.